The monoisotopic (exact) mass is 169 g/mol. The minimum atomic E-state index is -3.94. The third-order valence-corrected chi connectivity index (χ3v) is 1.29. The van der Waals surface area contributed by atoms with E-state index in [2.05, 4.69) is 5.32 Å². The van der Waals surface area contributed by atoms with Crippen LogP contribution in [0.5, 0.6) is 0 Å². The predicted octanol–water partition coefficient (Wildman–Crippen LogP) is -1.20. The van der Waals surface area contributed by atoms with E-state index >= 15 is 0 Å². The zero-order valence-corrected chi connectivity index (χ0v) is 6.43. The fourth-order valence-electron chi connectivity index (χ4n) is 0.397. The molecular weight excluding hydrogens is 158 g/mol. The maximum Gasteiger partial charge on any atom is 0.278 e. The molecule has 0 aliphatic carbocycles. The highest BCUT2D eigenvalue weighted by atomic mass is 32.2. The van der Waals surface area contributed by atoms with Crippen LogP contribution in [0.25, 0.3) is 0 Å². The van der Waals surface area contributed by atoms with E-state index in [0.717, 1.165) is 0 Å². The van der Waals surface area contributed by atoms with Gasteiger partial charge >= 0.3 is 0 Å². The fraction of sp³-hybridized carbons (Fsp3) is 1.00. The molecule has 1 unspecified atom stereocenters. The molecule has 0 aliphatic heterocycles. The molecule has 0 spiro atoms. The Kier molecular flexibility index (Phi) is 3.80. The minimum Gasteiger partial charge on any atom is -0.392 e. The maximum absolute atomic E-state index is 10.0. The molecular formula is C4H11NO4S. The first-order valence-corrected chi connectivity index (χ1v) is 4.36. The van der Waals surface area contributed by atoms with Crippen LogP contribution >= 0.6 is 0 Å². The minimum absolute atomic E-state index is 0.153. The summed E-state index contributed by atoms with van der Waals surface area (Å²) in [4.78, 5) is 0. The first kappa shape index (κ1) is 9.83. The third-order valence-electron chi connectivity index (χ3n) is 0.724. The van der Waals surface area contributed by atoms with Gasteiger partial charge in [0.2, 0.25) is 0 Å². The summed E-state index contributed by atoms with van der Waals surface area (Å²) in [5, 5.41) is 10.9. The fourth-order valence-corrected chi connectivity index (χ4v) is 0.773. The molecule has 1 atom stereocenters. The molecule has 0 amide bonds. The lowest BCUT2D eigenvalue weighted by atomic mass is 10.4. The van der Waals surface area contributed by atoms with E-state index < -0.39 is 22.1 Å². The van der Waals surface area contributed by atoms with Crippen molar-refractivity contribution >= 4 is 10.1 Å². The topological polar surface area (TPSA) is 86.6 Å². The zero-order chi connectivity index (χ0) is 8.20. The molecule has 6 heteroatoms. The smallest absolute Gasteiger partial charge is 0.278 e. The van der Waals surface area contributed by atoms with Gasteiger partial charge in [0.1, 0.15) is 5.88 Å². The molecule has 0 aromatic heterocycles. The van der Waals surface area contributed by atoms with Crippen LogP contribution in [-0.4, -0.2) is 36.6 Å². The first-order valence-electron chi connectivity index (χ1n) is 2.76. The Hall–Kier alpha value is -0.170. The lowest BCUT2D eigenvalue weighted by molar-refractivity contribution is 0.193. The standard InChI is InChI=1S/C4H11NO4S/c1-4(6)2-5-3-10(7,8)9/h4-6H,2-3H2,1H3,(H,7,8,9). The number of nitrogens with one attached hydrogen (secondary N) is 1. The Morgan fingerprint density at radius 3 is 2.40 bits per heavy atom. The van der Waals surface area contributed by atoms with Gasteiger partial charge in [0, 0.05) is 6.54 Å². The third kappa shape index (κ3) is 7.83. The van der Waals surface area contributed by atoms with Gasteiger partial charge in [-0.3, -0.25) is 9.87 Å². The summed E-state index contributed by atoms with van der Waals surface area (Å²) < 4.78 is 28.2. The van der Waals surface area contributed by atoms with Crippen molar-refractivity contribution < 1.29 is 18.1 Å². The molecule has 0 aliphatic rings. The molecule has 0 saturated heterocycles. The Labute approximate surface area is 59.8 Å². The van der Waals surface area contributed by atoms with Gasteiger partial charge in [0.05, 0.1) is 6.10 Å². The average molecular weight is 169 g/mol. The highest BCUT2D eigenvalue weighted by Gasteiger charge is 2.03. The predicted molar refractivity (Wildman–Crippen MR) is 36.1 cm³/mol. The van der Waals surface area contributed by atoms with Crippen LogP contribution in [-0.2, 0) is 10.1 Å². The van der Waals surface area contributed by atoms with Crippen molar-refractivity contribution in [3.63, 3.8) is 0 Å². The highest BCUT2D eigenvalue weighted by Crippen LogP contribution is 1.78. The summed E-state index contributed by atoms with van der Waals surface area (Å²) >= 11 is 0. The second-order valence-corrected chi connectivity index (χ2v) is 3.48. The molecule has 0 heterocycles. The Bertz CT molecular complexity index is 174. The van der Waals surface area contributed by atoms with Crippen molar-refractivity contribution in [2.45, 2.75) is 13.0 Å². The molecule has 0 saturated carbocycles. The summed E-state index contributed by atoms with van der Waals surface area (Å²) in [6.45, 7) is 1.66. The second-order valence-electron chi connectivity index (χ2n) is 2.03. The highest BCUT2D eigenvalue weighted by molar-refractivity contribution is 7.85. The zero-order valence-electron chi connectivity index (χ0n) is 5.61. The SMILES string of the molecule is CC(O)CNCS(=O)(=O)O. The molecule has 0 fully saturated rings. The summed E-state index contributed by atoms with van der Waals surface area (Å²) in [6.07, 6.45) is -0.609. The molecule has 10 heavy (non-hydrogen) atoms. The number of aliphatic hydroxyl groups is 1. The number of aliphatic hydroxyl groups excluding tert-OH is 1. The molecule has 0 aromatic carbocycles. The van der Waals surface area contributed by atoms with Gasteiger partial charge in [-0.05, 0) is 6.92 Å². The van der Waals surface area contributed by atoms with E-state index in [4.69, 9.17) is 9.66 Å². The van der Waals surface area contributed by atoms with Crippen LogP contribution in [0.4, 0.5) is 0 Å². The average Bonchev–Trinajstić information content (AvgIpc) is 1.59. The van der Waals surface area contributed by atoms with Gasteiger partial charge in [-0.1, -0.05) is 0 Å². The van der Waals surface area contributed by atoms with Crippen molar-refractivity contribution in [2.24, 2.45) is 0 Å². The molecule has 3 N–H and O–H groups in total. The van der Waals surface area contributed by atoms with Gasteiger partial charge < -0.3 is 5.11 Å². The van der Waals surface area contributed by atoms with Crippen LogP contribution in [0.3, 0.4) is 0 Å². The number of hydrogen-bond acceptors (Lipinski definition) is 4. The van der Waals surface area contributed by atoms with E-state index in [9.17, 15) is 8.42 Å². The molecule has 0 radical (unpaired) electrons. The van der Waals surface area contributed by atoms with E-state index in [-0.39, 0.29) is 6.54 Å². The van der Waals surface area contributed by atoms with Gasteiger partial charge in [0.15, 0.2) is 0 Å². The normalized spacial score (nSPS) is 15.1. The molecule has 0 rings (SSSR count). The van der Waals surface area contributed by atoms with Crippen LogP contribution in [0.2, 0.25) is 0 Å². The quantitative estimate of drug-likeness (QED) is 0.460. The van der Waals surface area contributed by atoms with Crippen LogP contribution in [0.1, 0.15) is 6.92 Å². The summed E-state index contributed by atoms with van der Waals surface area (Å²) in [5.74, 6) is -0.516. The van der Waals surface area contributed by atoms with E-state index in [1.807, 2.05) is 0 Å². The summed E-state index contributed by atoms with van der Waals surface area (Å²) in [7, 11) is -3.94. The van der Waals surface area contributed by atoms with Crippen LogP contribution in [0.15, 0.2) is 0 Å². The molecule has 0 bridgehead atoms. The van der Waals surface area contributed by atoms with Crippen molar-refractivity contribution in [3.05, 3.63) is 0 Å². The Morgan fingerprint density at radius 1 is 1.60 bits per heavy atom. The summed E-state index contributed by atoms with van der Waals surface area (Å²) in [5.41, 5.74) is 0. The van der Waals surface area contributed by atoms with Gasteiger partial charge in [-0.25, -0.2) is 0 Å². The van der Waals surface area contributed by atoms with E-state index in [1.165, 1.54) is 6.92 Å². The van der Waals surface area contributed by atoms with Crippen LogP contribution in [0, 0.1) is 0 Å². The Balaban J connectivity index is 3.39. The van der Waals surface area contributed by atoms with Gasteiger partial charge in [-0.15, -0.1) is 0 Å². The largest absolute Gasteiger partial charge is 0.392 e. The molecule has 62 valence electrons. The number of rotatable bonds is 4. The van der Waals surface area contributed by atoms with E-state index in [1.54, 1.807) is 0 Å². The number of hydrogen-bond donors (Lipinski definition) is 3. The van der Waals surface area contributed by atoms with Crippen molar-refractivity contribution in [2.75, 3.05) is 12.4 Å². The Morgan fingerprint density at radius 2 is 2.10 bits per heavy atom. The van der Waals surface area contributed by atoms with E-state index in [0.29, 0.717) is 0 Å². The lowest BCUT2D eigenvalue weighted by Crippen LogP contribution is -2.29. The maximum atomic E-state index is 10.0. The van der Waals surface area contributed by atoms with Crippen LogP contribution < -0.4 is 5.32 Å². The van der Waals surface area contributed by atoms with Crippen molar-refractivity contribution in [3.8, 4) is 0 Å². The lowest BCUT2D eigenvalue weighted by Gasteiger charge is -2.03. The van der Waals surface area contributed by atoms with Gasteiger partial charge in [0.25, 0.3) is 10.1 Å². The van der Waals surface area contributed by atoms with Crippen molar-refractivity contribution in [1.82, 2.24) is 5.32 Å². The molecule has 5 nitrogen and oxygen atoms in total. The summed E-state index contributed by atoms with van der Waals surface area (Å²) in [6, 6.07) is 0. The van der Waals surface area contributed by atoms with Crippen molar-refractivity contribution in [1.29, 1.82) is 0 Å². The molecule has 0 aromatic rings. The van der Waals surface area contributed by atoms with Gasteiger partial charge in [-0.2, -0.15) is 8.42 Å². The first-order chi connectivity index (χ1) is 4.42. The second kappa shape index (κ2) is 3.87.